The van der Waals surface area contributed by atoms with Gasteiger partial charge in [-0.2, -0.15) is 0 Å². The third-order valence-corrected chi connectivity index (χ3v) is 3.38. The van der Waals surface area contributed by atoms with Crippen molar-refractivity contribution >= 4 is 17.4 Å². The molecule has 1 aromatic rings. The van der Waals surface area contributed by atoms with E-state index in [0.717, 1.165) is 25.3 Å². The van der Waals surface area contributed by atoms with Gasteiger partial charge in [-0.15, -0.1) is 0 Å². The molecule has 18 heavy (non-hydrogen) atoms. The second-order valence-electron chi connectivity index (χ2n) is 4.83. The number of hydrogen-bond acceptors (Lipinski definition) is 3. The van der Waals surface area contributed by atoms with E-state index in [2.05, 4.69) is 24.2 Å². The van der Waals surface area contributed by atoms with Gasteiger partial charge in [0.2, 0.25) is 0 Å². The minimum Gasteiger partial charge on any atom is -0.399 e. The maximum absolute atomic E-state index is 12.1. The lowest BCUT2D eigenvalue weighted by Gasteiger charge is -2.37. The molecule has 1 aliphatic heterocycles. The lowest BCUT2D eigenvalue weighted by atomic mass is 10.2. The summed E-state index contributed by atoms with van der Waals surface area (Å²) in [5, 5.41) is 2.88. The maximum Gasteiger partial charge on any atom is 0.321 e. The molecule has 1 aliphatic rings. The highest BCUT2D eigenvalue weighted by molar-refractivity contribution is 5.89. The Morgan fingerprint density at radius 1 is 1.44 bits per heavy atom. The molecule has 0 saturated carbocycles. The van der Waals surface area contributed by atoms with Crippen LogP contribution in [0.3, 0.4) is 0 Å². The summed E-state index contributed by atoms with van der Waals surface area (Å²) < 4.78 is 0. The molecule has 1 unspecified atom stereocenters. The van der Waals surface area contributed by atoms with E-state index in [1.54, 1.807) is 12.1 Å². The minimum absolute atomic E-state index is 0.0550. The Hall–Kier alpha value is -1.75. The van der Waals surface area contributed by atoms with Crippen LogP contribution in [0.4, 0.5) is 16.2 Å². The summed E-state index contributed by atoms with van der Waals surface area (Å²) in [6.07, 6.45) is 0. The first kappa shape index (κ1) is 12.7. The predicted octanol–water partition coefficient (Wildman–Crippen LogP) is 1.44. The van der Waals surface area contributed by atoms with Crippen molar-refractivity contribution in [2.75, 3.05) is 37.7 Å². The number of rotatable bonds is 1. The van der Waals surface area contributed by atoms with Crippen LogP contribution in [0.15, 0.2) is 24.3 Å². The van der Waals surface area contributed by atoms with Crippen LogP contribution in [0.1, 0.15) is 6.92 Å². The van der Waals surface area contributed by atoms with E-state index in [9.17, 15) is 4.79 Å². The summed E-state index contributed by atoms with van der Waals surface area (Å²) in [5.41, 5.74) is 7.08. The highest BCUT2D eigenvalue weighted by Crippen LogP contribution is 2.14. The van der Waals surface area contributed by atoms with Crippen molar-refractivity contribution in [2.24, 2.45) is 0 Å². The van der Waals surface area contributed by atoms with Crippen molar-refractivity contribution in [1.82, 2.24) is 9.80 Å². The Kier molecular flexibility index (Phi) is 3.72. The first-order chi connectivity index (χ1) is 8.56. The topological polar surface area (TPSA) is 61.6 Å². The number of carbonyl (C=O) groups excluding carboxylic acids is 1. The fraction of sp³-hybridized carbons (Fsp3) is 0.462. The molecule has 0 spiro atoms. The van der Waals surface area contributed by atoms with Crippen molar-refractivity contribution in [3.05, 3.63) is 24.3 Å². The number of nitrogen functional groups attached to an aromatic ring is 1. The van der Waals surface area contributed by atoms with Crippen molar-refractivity contribution in [3.63, 3.8) is 0 Å². The van der Waals surface area contributed by atoms with E-state index in [1.165, 1.54) is 0 Å². The molecule has 1 heterocycles. The number of piperazine rings is 1. The second kappa shape index (κ2) is 5.27. The molecule has 1 saturated heterocycles. The van der Waals surface area contributed by atoms with Gasteiger partial charge >= 0.3 is 6.03 Å². The number of nitrogens with zero attached hydrogens (tertiary/aromatic N) is 2. The molecule has 3 N–H and O–H groups in total. The zero-order valence-electron chi connectivity index (χ0n) is 10.9. The average Bonchev–Trinajstić information content (AvgIpc) is 2.32. The van der Waals surface area contributed by atoms with Crippen LogP contribution in [-0.2, 0) is 0 Å². The number of hydrogen-bond donors (Lipinski definition) is 2. The Morgan fingerprint density at radius 2 is 2.22 bits per heavy atom. The summed E-state index contributed by atoms with van der Waals surface area (Å²) >= 11 is 0. The number of nitrogens with one attached hydrogen (secondary N) is 1. The van der Waals surface area contributed by atoms with Gasteiger partial charge in [0.25, 0.3) is 0 Å². The van der Waals surface area contributed by atoms with E-state index in [0.29, 0.717) is 11.7 Å². The summed E-state index contributed by atoms with van der Waals surface area (Å²) in [4.78, 5) is 16.2. The molecule has 2 rings (SSSR count). The molecule has 5 heteroatoms. The van der Waals surface area contributed by atoms with Gasteiger partial charge in [-0.3, -0.25) is 0 Å². The van der Waals surface area contributed by atoms with Gasteiger partial charge in [0.15, 0.2) is 0 Å². The number of urea groups is 1. The molecule has 2 amide bonds. The number of amides is 2. The van der Waals surface area contributed by atoms with E-state index in [1.807, 2.05) is 17.0 Å². The second-order valence-corrected chi connectivity index (χ2v) is 4.83. The van der Waals surface area contributed by atoms with Gasteiger partial charge in [-0.1, -0.05) is 6.07 Å². The Morgan fingerprint density at radius 3 is 2.89 bits per heavy atom. The van der Waals surface area contributed by atoms with Crippen LogP contribution >= 0.6 is 0 Å². The minimum atomic E-state index is -0.0550. The first-order valence-electron chi connectivity index (χ1n) is 6.18. The van der Waals surface area contributed by atoms with Gasteiger partial charge in [-0.25, -0.2) is 4.79 Å². The van der Waals surface area contributed by atoms with Crippen molar-refractivity contribution in [2.45, 2.75) is 13.0 Å². The number of likely N-dealkylation sites (N-methyl/N-ethyl adjacent to an activating group) is 1. The van der Waals surface area contributed by atoms with E-state index >= 15 is 0 Å². The maximum atomic E-state index is 12.1. The Bertz CT molecular complexity index is 435. The molecular formula is C13H20N4O. The standard InChI is InChI=1S/C13H20N4O/c1-10-9-17(7-6-16(10)2)13(18)15-12-5-3-4-11(14)8-12/h3-5,8,10H,6-7,9,14H2,1-2H3,(H,15,18). The monoisotopic (exact) mass is 248 g/mol. The number of benzene rings is 1. The molecule has 0 aromatic heterocycles. The van der Waals surface area contributed by atoms with E-state index < -0.39 is 0 Å². The summed E-state index contributed by atoms with van der Waals surface area (Å²) in [7, 11) is 2.08. The molecule has 5 nitrogen and oxygen atoms in total. The number of carbonyl (C=O) groups is 1. The van der Waals surface area contributed by atoms with Crippen LogP contribution in [0, 0.1) is 0 Å². The van der Waals surface area contributed by atoms with Crippen molar-refractivity contribution in [3.8, 4) is 0 Å². The fourth-order valence-corrected chi connectivity index (χ4v) is 2.05. The highest BCUT2D eigenvalue weighted by atomic mass is 16.2. The van der Waals surface area contributed by atoms with E-state index in [-0.39, 0.29) is 6.03 Å². The van der Waals surface area contributed by atoms with Gasteiger partial charge in [-0.05, 0) is 32.2 Å². The average molecular weight is 248 g/mol. The summed E-state index contributed by atoms with van der Waals surface area (Å²) in [6.45, 7) is 4.55. The molecule has 0 radical (unpaired) electrons. The molecule has 1 aromatic carbocycles. The number of anilines is 2. The molecular weight excluding hydrogens is 228 g/mol. The van der Waals surface area contributed by atoms with Crippen LogP contribution in [-0.4, -0.2) is 48.6 Å². The normalized spacial score (nSPS) is 20.8. The van der Waals surface area contributed by atoms with Gasteiger partial charge < -0.3 is 20.9 Å². The zero-order valence-corrected chi connectivity index (χ0v) is 10.9. The molecule has 0 bridgehead atoms. The van der Waals surface area contributed by atoms with Crippen LogP contribution in [0.25, 0.3) is 0 Å². The largest absolute Gasteiger partial charge is 0.399 e. The summed E-state index contributed by atoms with van der Waals surface area (Å²) in [5.74, 6) is 0. The third kappa shape index (κ3) is 2.92. The molecule has 0 aliphatic carbocycles. The molecule has 1 fully saturated rings. The van der Waals surface area contributed by atoms with Gasteiger partial charge in [0, 0.05) is 37.1 Å². The fourth-order valence-electron chi connectivity index (χ4n) is 2.05. The lowest BCUT2D eigenvalue weighted by molar-refractivity contribution is 0.125. The van der Waals surface area contributed by atoms with Crippen LogP contribution in [0.5, 0.6) is 0 Å². The van der Waals surface area contributed by atoms with Crippen molar-refractivity contribution < 1.29 is 4.79 Å². The van der Waals surface area contributed by atoms with Gasteiger partial charge in [0.1, 0.15) is 0 Å². The first-order valence-corrected chi connectivity index (χ1v) is 6.18. The SMILES string of the molecule is CC1CN(C(=O)Nc2cccc(N)c2)CCN1C. The number of nitrogens with two attached hydrogens (primary N) is 1. The van der Waals surface area contributed by atoms with E-state index in [4.69, 9.17) is 5.73 Å². The Labute approximate surface area is 108 Å². The zero-order chi connectivity index (χ0) is 13.1. The third-order valence-electron chi connectivity index (χ3n) is 3.38. The highest BCUT2D eigenvalue weighted by Gasteiger charge is 2.24. The van der Waals surface area contributed by atoms with Gasteiger partial charge in [0.05, 0.1) is 0 Å². The molecule has 1 atom stereocenters. The van der Waals surface area contributed by atoms with Crippen LogP contribution in [0.2, 0.25) is 0 Å². The lowest BCUT2D eigenvalue weighted by Crippen LogP contribution is -2.53. The Balaban J connectivity index is 1.96. The predicted molar refractivity (Wildman–Crippen MR) is 73.5 cm³/mol. The smallest absolute Gasteiger partial charge is 0.321 e. The quantitative estimate of drug-likeness (QED) is 0.739. The van der Waals surface area contributed by atoms with Crippen LogP contribution < -0.4 is 11.1 Å². The van der Waals surface area contributed by atoms with Crippen molar-refractivity contribution in [1.29, 1.82) is 0 Å². The summed E-state index contributed by atoms with van der Waals surface area (Å²) in [6, 6.07) is 7.57. The molecule has 98 valence electrons.